The predicted molar refractivity (Wildman–Crippen MR) is 132 cm³/mol. The van der Waals surface area contributed by atoms with Gasteiger partial charge in [0, 0.05) is 7.05 Å². The maximum Gasteiger partial charge on any atom is 0.230 e. The molecule has 0 aliphatic heterocycles. The van der Waals surface area contributed by atoms with Crippen LogP contribution in [0.15, 0.2) is 84.0 Å². The molecule has 1 N–H and O–H groups in total. The van der Waals surface area contributed by atoms with Crippen LogP contribution in [0.3, 0.4) is 0 Å². The highest BCUT2D eigenvalue weighted by atomic mass is 32.2. The second-order valence-electron chi connectivity index (χ2n) is 7.63. The number of nitrogens with zero attached hydrogens (tertiary/aromatic N) is 3. The van der Waals surface area contributed by atoms with Crippen LogP contribution in [0.4, 0.5) is 0 Å². The first-order valence-corrected chi connectivity index (χ1v) is 11.7. The van der Waals surface area contributed by atoms with Crippen LogP contribution >= 0.6 is 11.8 Å². The Kier molecular flexibility index (Phi) is 7.10. The van der Waals surface area contributed by atoms with Gasteiger partial charge >= 0.3 is 0 Å². The number of thioether (sulfide) groups is 1. The molecule has 7 heteroatoms. The van der Waals surface area contributed by atoms with Crippen molar-refractivity contribution in [3.8, 4) is 28.3 Å². The summed E-state index contributed by atoms with van der Waals surface area (Å²) >= 11 is 1.36. The Morgan fingerprint density at radius 3 is 2.36 bits per heavy atom. The van der Waals surface area contributed by atoms with Crippen LogP contribution in [0.25, 0.3) is 22.5 Å². The van der Waals surface area contributed by atoms with Crippen molar-refractivity contribution in [1.82, 2.24) is 20.1 Å². The maximum absolute atomic E-state index is 12.6. The van der Waals surface area contributed by atoms with Gasteiger partial charge in [0.05, 0.1) is 24.5 Å². The smallest absolute Gasteiger partial charge is 0.230 e. The summed E-state index contributed by atoms with van der Waals surface area (Å²) in [6.45, 7) is 1.99. The number of nitrogens with one attached hydrogen (secondary N) is 1. The monoisotopic (exact) mass is 458 g/mol. The topological polar surface area (TPSA) is 69.0 Å². The number of aromatic nitrogens is 3. The van der Waals surface area contributed by atoms with Gasteiger partial charge in [-0.25, -0.2) is 0 Å². The summed E-state index contributed by atoms with van der Waals surface area (Å²) in [5, 5.41) is 12.3. The Morgan fingerprint density at radius 1 is 0.970 bits per heavy atom. The summed E-state index contributed by atoms with van der Waals surface area (Å²) in [6, 6.07) is 26.1. The second kappa shape index (κ2) is 10.4. The highest BCUT2D eigenvalue weighted by Gasteiger charge is 2.16. The second-order valence-corrected chi connectivity index (χ2v) is 8.57. The summed E-state index contributed by atoms with van der Waals surface area (Å²) in [6.07, 6.45) is 0. The van der Waals surface area contributed by atoms with E-state index in [0.29, 0.717) is 11.0 Å². The molecule has 33 heavy (non-hydrogen) atoms. The van der Waals surface area contributed by atoms with E-state index < -0.39 is 0 Å². The molecule has 0 aliphatic rings. The van der Waals surface area contributed by atoms with Crippen LogP contribution in [0, 0.1) is 0 Å². The fourth-order valence-electron chi connectivity index (χ4n) is 3.60. The van der Waals surface area contributed by atoms with E-state index in [4.69, 9.17) is 4.74 Å². The van der Waals surface area contributed by atoms with Crippen LogP contribution in [-0.2, 0) is 11.8 Å². The largest absolute Gasteiger partial charge is 0.496 e. The zero-order chi connectivity index (χ0) is 23.2. The number of carbonyl (C=O) groups excluding carboxylic acids is 1. The average molecular weight is 459 g/mol. The molecule has 1 atom stereocenters. The molecule has 1 amide bonds. The first kappa shape index (κ1) is 22.6. The highest BCUT2D eigenvalue weighted by molar-refractivity contribution is 7.99. The number of para-hydroxylation sites is 1. The average Bonchev–Trinajstić information content (AvgIpc) is 3.23. The van der Waals surface area contributed by atoms with Gasteiger partial charge in [-0.2, -0.15) is 0 Å². The summed E-state index contributed by atoms with van der Waals surface area (Å²) in [7, 11) is 3.52. The number of benzene rings is 3. The highest BCUT2D eigenvalue weighted by Crippen LogP contribution is 2.30. The van der Waals surface area contributed by atoms with Gasteiger partial charge in [-0.15, -0.1) is 10.2 Å². The minimum absolute atomic E-state index is 0.0542. The van der Waals surface area contributed by atoms with Gasteiger partial charge in [-0.05, 0) is 35.7 Å². The number of hydrogen-bond donors (Lipinski definition) is 1. The molecular weight excluding hydrogens is 432 g/mol. The third kappa shape index (κ3) is 5.26. The summed E-state index contributed by atoms with van der Waals surface area (Å²) in [4.78, 5) is 12.6. The molecule has 0 saturated heterocycles. The van der Waals surface area contributed by atoms with E-state index in [2.05, 4.69) is 51.9 Å². The van der Waals surface area contributed by atoms with Crippen molar-refractivity contribution in [2.75, 3.05) is 12.9 Å². The molecular formula is C26H26N4O2S. The minimum Gasteiger partial charge on any atom is -0.496 e. The van der Waals surface area contributed by atoms with E-state index in [1.807, 2.05) is 61.0 Å². The Labute approximate surface area is 198 Å². The predicted octanol–water partition coefficient (Wildman–Crippen LogP) is 5.13. The molecule has 0 aliphatic carbocycles. The standard InChI is InChI=1S/C26H26N4O2S/c1-18(19-13-15-21(16-14-19)20-9-5-4-6-10-20)27-24(31)17-33-26-29-28-25(30(26)2)22-11-7-8-12-23(22)32-3/h4-16,18H,17H2,1-3H3,(H,27,31)/t18-/m0/s1. The van der Waals surface area contributed by atoms with E-state index in [1.165, 1.54) is 17.3 Å². The van der Waals surface area contributed by atoms with Crippen molar-refractivity contribution in [1.29, 1.82) is 0 Å². The lowest BCUT2D eigenvalue weighted by atomic mass is 10.0. The Morgan fingerprint density at radius 2 is 1.64 bits per heavy atom. The summed E-state index contributed by atoms with van der Waals surface area (Å²) in [5.74, 6) is 1.63. The van der Waals surface area contributed by atoms with Gasteiger partial charge in [-0.3, -0.25) is 4.79 Å². The third-order valence-electron chi connectivity index (χ3n) is 5.41. The molecule has 1 aromatic heterocycles. The van der Waals surface area contributed by atoms with Crippen LogP contribution in [-0.4, -0.2) is 33.5 Å². The Balaban J connectivity index is 1.35. The SMILES string of the molecule is COc1ccccc1-c1nnc(SCC(=O)N[C@@H](C)c2ccc(-c3ccccc3)cc2)n1C. The van der Waals surface area contributed by atoms with E-state index in [0.717, 1.165) is 22.4 Å². The van der Waals surface area contributed by atoms with Crippen molar-refractivity contribution < 1.29 is 9.53 Å². The molecule has 4 aromatic rings. The molecule has 0 unspecified atom stereocenters. The van der Waals surface area contributed by atoms with Gasteiger partial charge in [0.25, 0.3) is 0 Å². The summed E-state index contributed by atoms with van der Waals surface area (Å²) < 4.78 is 7.30. The van der Waals surface area contributed by atoms with E-state index in [1.54, 1.807) is 7.11 Å². The van der Waals surface area contributed by atoms with Crippen molar-refractivity contribution >= 4 is 17.7 Å². The number of rotatable bonds is 8. The Bertz CT molecular complexity index is 1220. The van der Waals surface area contributed by atoms with Crippen LogP contribution in [0.5, 0.6) is 5.75 Å². The van der Waals surface area contributed by atoms with Gasteiger partial charge in [0.1, 0.15) is 5.75 Å². The third-order valence-corrected chi connectivity index (χ3v) is 6.43. The van der Waals surface area contributed by atoms with Crippen LogP contribution < -0.4 is 10.1 Å². The van der Waals surface area contributed by atoms with Crippen molar-refractivity contribution in [2.45, 2.75) is 18.1 Å². The molecule has 0 spiro atoms. The molecule has 4 rings (SSSR count). The van der Waals surface area contributed by atoms with Gasteiger partial charge in [0.15, 0.2) is 11.0 Å². The minimum atomic E-state index is -0.0911. The lowest BCUT2D eigenvalue weighted by molar-refractivity contribution is -0.119. The molecule has 168 valence electrons. The molecule has 6 nitrogen and oxygen atoms in total. The van der Waals surface area contributed by atoms with Crippen molar-refractivity contribution in [3.05, 3.63) is 84.4 Å². The first-order chi connectivity index (χ1) is 16.1. The van der Waals surface area contributed by atoms with E-state index in [9.17, 15) is 4.79 Å². The van der Waals surface area contributed by atoms with Crippen LogP contribution in [0.1, 0.15) is 18.5 Å². The molecule has 0 bridgehead atoms. The van der Waals surface area contributed by atoms with Gasteiger partial charge in [0.2, 0.25) is 5.91 Å². The fourth-order valence-corrected chi connectivity index (χ4v) is 4.32. The molecule has 0 fully saturated rings. The molecule has 3 aromatic carbocycles. The number of ether oxygens (including phenoxy) is 1. The number of carbonyl (C=O) groups is 1. The lowest BCUT2D eigenvalue weighted by Crippen LogP contribution is -2.28. The van der Waals surface area contributed by atoms with Crippen LogP contribution in [0.2, 0.25) is 0 Å². The zero-order valence-corrected chi connectivity index (χ0v) is 19.7. The maximum atomic E-state index is 12.6. The number of methoxy groups -OCH3 is 1. The van der Waals surface area contributed by atoms with E-state index >= 15 is 0 Å². The lowest BCUT2D eigenvalue weighted by Gasteiger charge is -2.15. The summed E-state index contributed by atoms with van der Waals surface area (Å²) in [5.41, 5.74) is 4.25. The number of hydrogen-bond acceptors (Lipinski definition) is 5. The normalized spacial score (nSPS) is 11.7. The first-order valence-electron chi connectivity index (χ1n) is 10.7. The zero-order valence-electron chi connectivity index (χ0n) is 18.9. The van der Waals surface area contributed by atoms with Crippen molar-refractivity contribution in [3.63, 3.8) is 0 Å². The van der Waals surface area contributed by atoms with E-state index in [-0.39, 0.29) is 17.7 Å². The van der Waals surface area contributed by atoms with Gasteiger partial charge < -0.3 is 14.6 Å². The van der Waals surface area contributed by atoms with Gasteiger partial charge in [-0.1, -0.05) is 78.5 Å². The molecule has 0 saturated carbocycles. The Hall–Kier alpha value is -3.58. The van der Waals surface area contributed by atoms with Crippen molar-refractivity contribution in [2.24, 2.45) is 7.05 Å². The molecule has 0 radical (unpaired) electrons. The fraction of sp³-hybridized carbons (Fsp3) is 0.192. The number of amides is 1. The quantitative estimate of drug-likeness (QED) is 0.371. The molecule has 1 heterocycles.